The number of hydrogen-bond donors (Lipinski definition) is 2. The van der Waals surface area contributed by atoms with E-state index in [4.69, 9.17) is 10.5 Å². The highest BCUT2D eigenvalue weighted by atomic mass is 32.2. The number of anilines is 2. The Kier molecular flexibility index (Phi) is 6.58. The first-order valence-corrected chi connectivity index (χ1v) is 12.4. The zero-order chi connectivity index (χ0) is 24.5. The molecule has 180 valence electrons. The molecule has 0 radical (unpaired) electrons. The van der Waals surface area contributed by atoms with Crippen molar-refractivity contribution in [2.24, 2.45) is 5.73 Å². The van der Waals surface area contributed by atoms with Gasteiger partial charge < -0.3 is 20.7 Å². The number of carbonyl (C=O) groups excluding carboxylic acids is 3. The van der Waals surface area contributed by atoms with Crippen LogP contribution in [0.2, 0.25) is 0 Å². The van der Waals surface area contributed by atoms with Gasteiger partial charge in [-0.2, -0.15) is 4.31 Å². The summed E-state index contributed by atoms with van der Waals surface area (Å²) in [4.78, 5) is 38.8. The quantitative estimate of drug-likeness (QED) is 0.637. The van der Waals surface area contributed by atoms with Gasteiger partial charge in [0.25, 0.3) is 11.8 Å². The van der Waals surface area contributed by atoms with Gasteiger partial charge in [-0.05, 0) is 50.1 Å². The maximum atomic E-state index is 13.1. The van der Waals surface area contributed by atoms with Gasteiger partial charge in [-0.25, -0.2) is 8.42 Å². The van der Waals surface area contributed by atoms with Crippen LogP contribution in [-0.4, -0.2) is 56.2 Å². The van der Waals surface area contributed by atoms with Crippen molar-refractivity contribution < 1.29 is 27.5 Å². The van der Waals surface area contributed by atoms with Gasteiger partial charge in [0.1, 0.15) is 5.75 Å². The van der Waals surface area contributed by atoms with E-state index in [1.54, 1.807) is 31.2 Å². The molecular formula is C23H26N4O6S. The number of amides is 3. The van der Waals surface area contributed by atoms with Gasteiger partial charge >= 0.3 is 0 Å². The molecule has 3 amide bonds. The molecule has 2 heterocycles. The summed E-state index contributed by atoms with van der Waals surface area (Å²) >= 11 is 0. The van der Waals surface area contributed by atoms with Crippen LogP contribution in [0.3, 0.4) is 0 Å². The maximum absolute atomic E-state index is 13.1. The molecule has 1 fully saturated rings. The van der Waals surface area contributed by atoms with Crippen LogP contribution in [0.25, 0.3) is 0 Å². The summed E-state index contributed by atoms with van der Waals surface area (Å²) in [5, 5.41) is 2.78. The Bertz CT molecular complexity index is 1240. The Morgan fingerprint density at radius 1 is 1.15 bits per heavy atom. The summed E-state index contributed by atoms with van der Waals surface area (Å²) in [6.07, 6.45) is 1.67. The molecule has 3 N–H and O–H groups in total. The molecule has 2 aliphatic heterocycles. The minimum atomic E-state index is -3.75. The normalized spacial score (nSPS) is 18.7. The third-order valence-electron chi connectivity index (χ3n) is 5.90. The summed E-state index contributed by atoms with van der Waals surface area (Å²) in [6.45, 7) is 2.17. The smallest absolute Gasteiger partial charge is 0.265 e. The molecule has 2 aromatic carbocycles. The van der Waals surface area contributed by atoms with Gasteiger partial charge in [0.05, 0.1) is 21.8 Å². The van der Waals surface area contributed by atoms with Crippen LogP contribution >= 0.6 is 0 Å². The fraction of sp³-hybridized carbons (Fsp3) is 0.348. The van der Waals surface area contributed by atoms with E-state index in [2.05, 4.69) is 5.32 Å². The number of carbonyl (C=O) groups is 3. The molecule has 1 unspecified atom stereocenters. The summed E-state index contributed by atoms with van der Waals surface area (Å²) < 4.78 is 32.7. The number of fused-ring (bicyclic) bond motifs is 1. The van der Waals surface area contributed by atoms with Gasteiger partial charge in [0.15, 0.2) is 6.61 Å². The SMILES string of the molecule is CC1CC(=O)Nc2ccccc2N1C(=O)COc1ccc(S(=O)(=O)N2CCCC2)cc1C(N)=O. The lowest BCUT2D eigenvalue weighted by atomic mass is 10.1. The van der Waals surface area contributed by atoms with E-state index >= 15 is 0 Å². The molecule has 0 spiro atoms. The molecule has 0 bridgehead atoms. The predicted octanol–water partition coefficient (Wildman–Crippen LogP) is 1.71. The van der Waals surface area contributed by atoms with E-state index in [-0.39, 0.29) is 28.5 Å². The van der Waals surface area contributed by atoms with Gasteiger partial charge in [0, 0.05) is 25.6 Å². The van der Waals surface area contributed by atoms with Gasteiger partial charge in [-0.3, -0.25) is 14.4 Å². The third kappa shape index (κ3) is 4.62. The molecule has 2 aliphatic rings. The number of nitrogens with one attached hydrogen (secondary N) is 1. The van der Waals surface area contributed by atoms with Gasteiger partial charge in [-0.1, -0.05) is 12.1 Å². The van der Waals surface area contributed by atoms with Crippen LogP contribution in [0.5, 0.6) is 5.75 Å². The number of primary amides is 1. The highest BCUT2D eigenvalue weighted by Gasteiger charge is 2.31. The van der Waals surface area contributed by atoms with Crippen molar-refractivity contribution in [2.75, 3.05) is 29.9 Å². The topological polar surface area (TPSA) is 139 Å². The average Bonchev–Trinajstić information content (AvgIpc) is 3.30. The Hall–Kier alpha value is -3.44. The molecular weight excluding hydrogens is 460 g/mol. The molecule has 0 saturated carbocycles. The van der Waals surface area contributed by atoms with Crippen LogP contribution in [0, 0.1) is 0 Å². The minimum Gasteiger partial charge on any atom is -0.483 e. The second-order valence-corrected chi connectivity index (χ2v) is 10.2. The first-order valence-electron chi connectivity index (χ1n) is 11.0. The fourth-order valence-corrected chi connectivity index (χ4v) is 5.79. The molecule has 2 aromatic rings. The van der Waals surface area contributed by atoms with E-state index in [9.17, 15) is 22.8 Å². The second kappa shape index (κ2) is 9.43. The first kappa shape index (κ1) is 23.7. The summed E-state index contributed by atoms with van der Waals surface area (Å²) in [5.41, 5.74) is 6.40. The molecule has 4 rings (SSSR count). The first-order chi connectivity index (χ1) is 16.2. The monoisotopic (exact) mass is 486 g/mol. The number of ether oxygens (including phenoxy) is 1. The van der Waals surface area contributed by atoms with Crippen LogP contribution in [0.15, 0.2) is 47.4 Å². The van der Waals surface area contributed by atoms with Crippen LogP contribution < -0.4 is 20.7 Å². The van der Waals surface area contributed by atoms with Gasteiger partial charge in [0.2, 0.25) is 15.9 Å². The summed E-state index contributed by atoms with van der Waals surface area (Å²) in [7, 11) is -3.75. The lowest BCUT2D eigenvalue weighted by molar-refractivity contribution is -0.121. The molecule has 0 aromatic heterocycles. The number of nitrogens with two attached hydrogens (primary N) is 1. The number of benzene rings is 2. The minimum absolute atomic E-state index is 0.00573. The Morgan fingerprint density at radius 3 is 2.56 bits per heavy atom. The van der Waals surface area contributed by atoms with Crippen molar-refractivity contribution in [3.8, 4) is 5.75 Å². The lowest BCUT2D eigenvalue weighted by Gasteiger charge is -2.28. The number of rotatable bonds is 6. The third-order valence-corrected chi connectivity index (χ3v) is 7.79. The van der Waals surface area contributed by atoms with Crippen molar-refractivity contribution in [1.29, 1.82) is 0 Å². The van der Waals surface area contributed by atoms with E-state index < -0.39 is 34.5 Å². The zero-order valence-electron chi connectivity index (χ0n) is 18.7. The molecule has 0 aliphatic carbocycles. The largest absolute Gasteiger partial charge is 0.483 e. The molecule has 11 heteroatoms. The van der Waals surface area contributed by atoms with E-state index in [1.165, 1.54) is 27.4 Å². The number of sulfonamides is 1. The Balaban J connectivity index is 1.57. The second-order valence-electron chi connectivity index (χ2n) is 8.30. The molecule has 1 saturated heterocycles. The molecule has 34 heavy (non-hydrogen) atoms. The standard InChI is InChI=1S/C23H26N4O6S/c1-15-12-21(28)25-18-6-2-3-7-19(18)27(15)22(29)14-33-20-9-8-16(13-17(20)23(24)30)34(31,32)26-10-4-5-11-26/h2-3,6-9,13,15H,4-5,10-12,14H2,1H3,(H2,24,30)(H,25,28). The average molecular weight is 487 g/mol. The van der Waals surface area contributed by atoms with Crippen molar-refractivity contribution in [3.63, 3.8) is 0 Å². The molecule has 10 nitrogen and oxygen atoms in total. The van der Waals surface area contributed by atoms with Crippen molar-refractivity contribution >= 4 is 39.1 Å². The van der Waals surface area contributed by atoms with Gasteiger partial charge in [-0.15, -0.1) is 0 Å². The highest BCUT2D eigenvalue weighted by molar-refractivity contribution is 7.89. The van der Waals surface area contributed by atoms with Crippen LogP contribution in [0.1, 0.15) is 36.5 Å². The lowest BCUT2D eigenvalue weighted by Crippen LogP contribution is -2.41. The zero-order valence-corrected chi connectivity index (χ0v) is 19.5. The molecule has 1 atom stereocenters. The van der Waals surface area contributed by atoms with Crippen molar-refractivity contribution in [1.82, 2.24) is 4.31 Å². The Morgan fingerprint density at radius 2 is 1.85 bits per heavy atom. The van der Waals surface area contributed by atoms with Crippen LogP contribution in [0.4, 0.5) is 11.4 Å². The number of hydrogen-bond acceptors (Lipinski definition) is 6. The predicted molar refractivity (Wildman–Crippen MR) is 125 cm³/mol. The highest BCUT2D eigenvalue weighted by Crippen LogP contribution is 2.32. The Labute approximate surface area is 197 Å². The summed E-state index contributed by atoms with van der Waals surface area (Å²) in [5.74, 6) is -1.50. The van der Waals surface area contributed by atoms with Crippen molar-refractivity contribution in [3.05, 3.63) is 48.0 Å². The number of nitrogens with zero attached hydrogens (tertiary/aromatic N) is 2. The maximum Gasteiger partial charge on any atom is 0.265 e. The summed E-state index contributed by atoms with van der Waals surface area (Å²) in [6, 6.07) is 10.4. The fourth-order valence-electron chi connectivity index (χ4n) is 4.24. The van der Waals surface area contributed by atoms with E-state index in [1.807, 2.05) is 0 Å². The van der Waals surface area contributed by atoms with Crippen LogP contribution in [-0.2, 0) is 19.6 Å². The van der Waals surface area contributed by atoms with E-state index in [0.717, 1.165) is 12.8 Å². The van der Waals surface area contributed by atoms with E-state index in [0.29, 0.717) is 24.5 Å². The number of para-hydroxylation sites is 2. The van der Waals surface area contributed by atoms with Crippen molar-refractivity contribution in [2.45, 2.75) is 37.1 Å².